The number of nitrogens with zero attached hydrogens (tertiary/aromatic N) is 1. The summed E-state index contributed by atoms with van der Waals surface area (Å²) in [7, 11) is 0. The number of urea groups is 1. The lowest BCUT2D eigenvalue weighted by atomic mass is 10.1. The van der Waals surface area contributed by atoms with Crippen LogP contribution in [0.2, 0.25) is 0 Å². The standard InChI is InChI=1S/C26H25N3O2S/c1-2-3-16-31-23-14-12-21(13-15-23)27-26(30)28-22-11-7-10-20(17-22)24-18-32-25(29-24)19-8-5-4-6-9-19/h4-15,17-18H,2-3,16H2,1H3,(H2,27,28,30). The number of anilines is 2. The van der Waals surface area contributed by atoms with Crippen LogP contribution >= 0.6 is 11.3 Å². The number of hydrogen-bond acceptors (Lipinski definition) is 4. The fourth-order valence-electron chi connectivity index (χ4n) is 3.14. The van der Waals surface area contributed by atoms with Crippen LogP contribution in [0.3, 0.4) is 0 Å². The highest BCUT2D eigenvalue weighted by molar-refractivity contribution is 7.13. The topological polar surface area (TPSA) is 63.2 Å². The monoisotopic (exact) mass is 443 g/mol. The Morgan fingerprint density at radius 3 is 2.44 bits per heavy atom. The second-order valence-corrected chi connectivity index (χ2v) is 8.15. The third-order valence-corrected chi connectivity index (χ3v) is 5.71. The first kappa shape index (κ1) is 21.6. The largest absolute Gasteiger partial charge is 0.494 e. The van der Waals surface area contributed by atoms with E-state index in [0.717, 1.165) is 40.4 Å². The molecule has 0 atom stereocenters. The summed E-state index contributed by atoms with van der Waals surface area (Å²) in [5.74, 6) is 0.801. The fraction of sp³-hybridized carbons (Fsp3) is 0.154. The molecule has 1 aromatic heterocycles. The van der Waals surface area contributed by atoms with Crippen molar-refractivity contribution in [3.8, 4) is 27.6 Å². The van der Waals surface area contributed by atoms with Crippen LogP contribution in [0.1, 0.15) is 19.8 Å². The predicted molar refractivity (Wildman–Crippen MR) is 132 cm³/mol. The molecule has 2 N–H and O–H groups in total. The maximum absolute atomic E-state index is 12.4. The Bertz CT molecular complexity index is 1160. The average Bonchev–Trinajstić information content (AvgIpc) is 3.32. The van der Waals surface area contributed by atoms with E-state index in [1.54, 1.807) is 11.3 Å². The van der Waals surface area contributed by atoms with E-state index in [4.69, 9.17) is 9.72 Å². The Kier molecular flexibility index (Phi) is 7.15. The van der Waals surface area contributed by atoms with E-state index in [9.17, 15) is 4.79 Å². The first-order valence-corrected chi connectivity index (χ1v) is 11.5. The second-order valence-electron chi connectivity index (χ2n) is 7.29. The highest BCUT2D eigenvalue weighted by Crippen LogP contribution is 2.30. The highest BCUT2D eigenvalue weighted by atomic mass is 32.1. The molecule has 0 radical (unpaired) electrons. The van der Waals surface area contributed by atoms with Crippen molar-refractivity contribution in [3.63, 3.8) is 0 Å². The number of carbonyl (C=O) groups is 1. The van der Waals surface area contributed by atoms with Crippen molar-refractivity contribution >= 4 is 28.7 Å². The minimum Gasteiger partial charge on any atom is -0.494 e. The summed E-state index contributed by atoms with van der Waals surface area (Å²) in [6, 6.07) is 24.9. The van der Waals surface area contributed by atoms with Gasteiger partial charge in [-0.25, -0.2) is 9.78 Å². The van der Waals surface area contributed by atoms with Crippen molar-refractivity contribution in [2.24, 2.45) is 0 Å². The average molecular weight is 444 g/mol. The van der Waals surface area contributed by atoms with Gasteiger partial charge in [0.05, 0.1) is 12.3 Å². The van der Waals surface area contributed by atoms with E-state index < -0.39 is 0 Å². The number of hydrogen-bond donors (Lipinski definition) is 2. The number of thiazole rings is 1. The zero-order valence-electron chi connectivity index (χ0n) is 17.9. The number of nitrogens with one attached hydrogen (secondary N) is 2. The molecule has 0 saturated carbocycles. The number of rotatable bonds is 8. The quantitative estimate of drug-likeness (QED) is 0.281. The molecule has 0 fully saturated rings. The maximum atomic E-state index is 12.4. The van der Waals surface area contributed by atoms with Gasteiger partial charge in [-0.15, -0.1) is 11.3 Å². The molecule has 0 saturated heterocycles. The van der Waals surface area contributed by atoms with Gasteiger partial charge >= 0.3 is 6.03 Å². The van der Waals surface area contributed by atoms with Gasteiger partial charge in [0.15, 0.2) is 0 Å². The summed E-state index contributed by atoms with van der Waals surface area (Å²) < 4.78 is 5.65. The molecule has 1 heterocycles. The number of aromatic nitrogens is 1. The lowest BCUT2D eigenvalue weighted by molar-refractivity contribution is 0.262. The van der Waals surface area contributed by atoms with Gasteiger partial charge in [0.1, 0.15) is 10.8 Å². The molecule has 4 rings (SSSR count). The van der Waals surface area contributed by atoms with Crippen LogP contribution < -0.4 is 15.4 Å². The van der Waals surface area contributed by atoms with Crippen LogP contribution in [0.5, 0.6) is 5.75 Å². The summed E-state index contributed by atoms with van der Waals surface area (Å²) in [5.41, 5.74) is 4.34. The Morgan fingerprint density at radius 2 is 1.66 bits per heavy atom. The van der Waals surface area contributed by atoms with Crippen molar-refractivity contribution in [1.82, 2.24) is 4.98 Å². The molecular weight excluding hydrogens is 418 g/mol. The smallest absolute Gasteiger partial charge is 0.323 e. The van der Waals surface area contributed by atoms with E-state index in [1.807, 2.05) is 72.1 Å². The van der Waals surface area contributed by atoms with E-state index >= 15 is 0 Å². The summed E-state index contributed by atoms with van der Waals surface area (Å²) in [6.07, 6.45) is 2.12. The second kappa shape index (κ2) is 10.6. The van der Waals surface area contributed by atoms with Crippen LogP contribution in [0.4, 0.5) is 16.2 Å². The van der Waals surface area contributed by atoms with E-state index in [0.29, 0.717) is 18.0 Å². The molecule has 3 aromatic carbocycles. The first-order chi connectivity index (χ1) is 15.7. The number of carbonyl (C=O) groups excluding carboxylic acids is 1. The molecule has 2 amide bonds. The number of amides is 2. The first-order valence-electron chi connectivity index (χ1n) is 10.6. The van der Waals surface area contributed by atoms with E-state index in [1.165, 1.54) is 0 Å². The SMILES string of the molecule is CCCCOc1ccc(NC(=O)Nc2cccc(-c3csc(-c4ccccc4)n3)c2)cc1. The molecule has 0 aliphatic rings. The van der Waals surface area contributed by atoms with Gasteiger partial charge in [-0.2, -0.15) is 0 Å². The number of benzene rings is 3. The number of unbranched alkanes of at least 4 members (excludes halogenated alkanes) is 1. The van der Waals surface area contributed by atoms with Crippen LogP contribution in [0, 0.1) is 0 Å². The van der Waals surface area contributed by atoms with Gasteiger partial charge in [0.25, 0.3) is 0 Å². The fourth-order valence-corrected chi connectivity index (χ4v) is 3.97. The van der Waals surface area contributed by atoms with Crippen molar-refractivity contribution in [2.75, 3.05) is 17.2 Å². The molecular formula is C26H25N3O2S. The van der Waals surface area contributed by atoms with Crippen LogP contribution in [-0.2, 0) is 0 Å². The molecule has 0 spiro atoms. The van der Waals surface area contributed by atoms with Crippen molar-refractivity contribution in [3.05, 3.63) is 84.2 Å². The normalized spacial score (nSPS) is 10.5. The van der Waals surface area contributed by atoms with Crippen molar-refractivity contribution in [2.45, 2.75) is 19.8 Å². The Labute approximate surface area is 192 Å². The molecule has 0 bridgehead atoms. The van der Waals surface area contributed by atoms with Gasteiger partial charge in [-0.05, 0) is 42.8 Å². The summed E-state index contributed by atoms with van der Waals surface area (Å²) >= 11 is 1.61. The van der Waals surface area contributed by atoms with Crippen LogP contribution in [0.25, 0.3) is 21.8 Å². The van der Waals surface area contributed by atoms with Gasteiger partial charge in [0, 0.05) is 27.9 Å². The third kappa shape index (κ3) is 5.74. The molecule has 6 heteroatoms. The Hall–Kier alpha value is -3.64. The highest BCUT2D eigenvalue weighted by Gasteiger charge is 2.09. The molecule has 0 unspecified atom stereocenters. The lowest BCUT2D eigenvalue weighted by Crippen LogP contribution is -2.19. The minimum absolute atomic E-state index is 0.301. The van der Waals surface area contributed by atoms with Crippen molar-refractivity contribution < 1.29 is 9.53 Å². The Morgan fingerprint density at radius 1 is 0.906 bits per heavy atom. The van der Waals surface area contributed by atoms with E-state index in [2.05, 4.69) is 29.7 Å². The summed E-state index contributed by atoms with van der Waals surface area (Å²) in [5, 5.41) is 8.74. The zero-order valence-corrected chi connectivity index (χ0v) is 18.7. The summed E-state index contributed by atoms with van der Waals surface area (Å²) in [4.78, 5) is 17.2. The molecule has 5 nitrogen and oxygen atoms in total. The van der Waals surface area contributed by atoms with Crippen LogP contribution in [0.15, 0.2) is 84.2 Å². The molecule has 162 valence electrons. The molecule has 0 aliphatic heterocycles. The van der Waals surface area contributed by atoms with Gasteiger partial charge in [0.2, 0.25) is 0 Å². The summed E-state index contributed by atoms with van der Waals surface area (Å²) in [6.45, 7) is 2.83. The predicted octanol–water partition coefficient (Wildman–Crippen LogP) is 7.30. The number of ether oxygens (including phenoxy) is 1. The maximum Gasteiger partial charge on any atom is 0.323 e. The molecule has 4 aromatic rings. The third-order valence-electron chi connectivity index (χ3n) is 4.82. The van der Waals surface area contributed by atoms with Gasteiger partial charge in [-0.3, -0.25) is 0 Å². The zero-order chi connectivity index (χ0) is 22.2. The lowest BCUT2D eigenvalue weighted by Gasteiger charge is -2.10. The van der Waals surface area contributed by atoms with Crippen LogP contribution in [-0.4, -0.2) is 17.6 Å². The minimum atomic E-state index is -0.301. The molecule has 32 heavy (non-hydrogen) atoms. The van der Waals surface area contributed by atoms with Crippen molar-refractivity contribution in [1.29, 1.82) is 0 Å². The van der Waals surface area contributed by atoms with Gasteiger partial charge < -0.3 is 15.4 Å². The molecule has 0 aliphatic carbocycles. The Balaban J connectivity index is 1.38. The van der Waals surface area contributed by atoms with Gasteiger partial charge in [-0.1, -0.05) is 55.8 Å². The van der Waals surface area contributed by atoms with E-state index in [-0.39, 0.29) is 6.03 Å².